The van der Waals surface area contributed by atoms with Crippen LogP contribution in [0.1, 0.15) is 178 Å². The zero-order chi connectivity index (χ0) is 54.6. The van der Waals surface area contributed by atoms with Gasteiger partial charge in [0.15, 0.2) is 24.4 Å². The van der Waals surface area contributed by atoms with Crippen LogP contribution in [0.3, 0.4) is 0 Å². The zero-order valence-electron chi connectivity index (χ0n) is 47.6. The molecule has 19 aliphatic rings. The van der Waals surface area contributed by atoms with Crippen molar-refractivity contribution >= 4 is 42.5 Å². The summed E-state index contributed by atoms with van der Waals surface area (Å²) < 4.78 is 57.0. The molecule has 17 heteroatoms. The van der Waals surface area contributed by atoms with Gasteiger partial charge in [-0.2, -0.15) is 0 Å². The predicted octanol–water partition coefficient (Wildman–Crippen LogP) is 13.3. The van der Waals surface area contributed by atoms with E-state index in [9.17, 15) is 24.0 Å². The van der Waals surface area contributed by atoms with Crippen LogP contribution in [0.5, 0.6) is 0 Å². The van der Waals surface area contributed by atoms with Crippen molar-refractivity contribution in [3.8, 4) is 0 Å². The van der Waals surface area contributed by atoms with Gasteiger partial charge in [-0.1, -0.05) is 82.1 Å². The molecule has 9 aliphatic heterocycles. The summed E-state index contributed by atoms with van der Waals surface area (Å²) in [5.41, 5.74) is 0. The van der Waals surface area contributed by atoms with Gasteiger partial charge in [-0.3, -0.25) is 0 Å². The van der Waals surface area contributed by atoms with Crippen LogP contribution in [0.25, 0.3) is 0 Å². The maximum Gasteiger partial charge on any atom is 0.509 e. The monoisotopic (exact) mass is 1100 g/mol. The molecule has 19 rings (SSSR count). The highest BCUT2D eigenvalue weighted by Gasteiger charge is 2.71. The first kappa shape index (κ1) is 56.9. The zero-order valence-corrected chi connectivity index (χ0v) is 48.4. The molecule has 14 bridgehead atoms. The maximum absolute atomic E-state index is 11.2. The van der Waals surface area contributed by atoms with Crippen LogP contribution in [0.4, 0.5) is 24.0 Å². The second kappa shape index (κ2) is 24.0. The third-order valence-corrected chi connectivity index (χ3v) is 22.6. The molecule has 434 valence electrons. The molecule has 28 unspecified atom stereocenters. The van der Waals surface area contributed by atoms with Gasteiger partial charge in [-0.25, -0.2) is 24.0 Å². The minimum absolute atomic E-state index is 0.0752. The van der Waals surface area contributed by atoms with Crippen LogP contribution in [-0.2, 0) is 52.1 Å². The van der Waals surface area contributed by atoms with E-state index in [-0.39, 0.29) is 73.2 Å². The summed E-state index contributed by atoms with van der Waals surface area (Å²) in [7, 11) is 0. The van der Waals surface area contributed by atoms with Crippen LogP contribution < -0.4 is 0 Å². The highest BCUT2D eigenvalue weighted by atomic mass is 32.2. The van der Waals surface area contributed by atoms with Gasteiger partial charge in [0.05, 0.1) is 12.2 Å². The first-order chi connectivity index (χ1) is 37.5. The fourth-order valence-corrected chi connectivity index (χ4v) is 20.8. The topological polar surface area (TPSA) is 187 Å². The molecule has 0 aromatic heterocycles. The van der Waals surface area contributed by atoms with Crippen molar-refractivity contribution in [1.29, 1.82) is 0 Å². The van der Waals surface area contributed by atoms with E-state index < -0.39 is 30.8 Å². The van der Waals surface area contributed by atoms with E-state index in [1.54, 1.807) is 0 Å². The molecule has 9 heterocycles. The van der Waals surface area contributed by atoms with Gasteiger partial charge in [-0.05, 0) is 144 Å². The third-order valence-electron chi connectivity index (χ3n) is 20.9. The summed E-state index contributed by atoms with van der Waals surface area (Å²) in [5.74, 6) is 11.1. The number of fused-ring (bicyclic) bond motifs is 39. The fraction of sp³-hybridized carbons (Fsp3) is 0.917. The number of hydrogen-bond donors (Lipinski definition) is 0. The van der Waals surface area contributed by atoms with Crippen molar-refractivity contribution < 1.29 is 76.1 Å². The lowest BCUT2D eigenvalue weighted by atomic mass is 9.69. The van der Waals surface area contributed by atoms with E-state index in [1.165, 1.54) is 96.3 Å². The minimum Gasteiger partial charge on any atom is -0.427 e. The molecule has 9 saturated heterocycles. The van der Waals surface area contributed by atoms with Crippen molar-refractivity contribution in [2.45, 2.75) is 262 Å². The second-order valence-electron chi connectivity index (χ2n) is 24.5. The molecule has 0 N–H and O–H groups in total. The largest absolute Gasteiger partial charge is 0.509 e. The third kappa shape index (κ3) is 10.1. The van der Waals surface area contributed by atoms with E-state index in [0.717, 1.165) is 60.2 Å². The van der Waals surface area contributed by atoms with Crippen molar-refractivity contribution in [1.82, 2.24) is 0 Å². The predicted molar refractivity (Wildman–Crippen MR) is 284 cm³/mol. The van der Waals surface area contributed by atoms with E-state index in [2.05, 4.69) is 27.7 Å². The van der Waals surface area contributed by atoms with E-state index >= 15 is 0 Å². The SMILES string of the molecule is CC.CC.CC.CCC.CCC.O=C1OC2C3CC(C2O1)C1C2CCC(C2)C31.O=C1OC2C3CC(C2O1)C1C2CCC(C2)C31.O=C1OC2C3CCC(C3)C2O1.O=C1OC2C3CCC(O3)C2O1.O=C1OC2C3CCC(S3)C2O1. The summed E-state index contributed by atoms with van der Waals surface area (Å²) in [4.78, 5) is 54.6. The molecule has 10 aliphatic carbocycles. The Balaban J connectivity index is 0.000000105. The summed E-state index contributed by atoms with van der Waals surface area (Å²) in [6.07, 6.45) is 20.3. The molecule has 16 nitrogen and oxygen atoms in total. The molecule has 77 heavy (non-hydrogen) atoms. The van der Waals surface area contributed by atoms with Crippen LogP contribution in [0.2, 0.25) is 0 Å². The number of ether oxygens (including phenoxy) is 11. The average Bonchev–Trinajstić information content (AvgIpc) is 4.30. The molecule has 10 saturated carbocycles. The Kier molecular flexibility index (Phi) is 17.7. The van der Waals surface area contributed by atoms with Gasteiger partial charge in [0.25, 0.3) is 0 Å². The normalized spacial score (nSPS) is 49.8. The smallest absolute Gasteiger partial charge is 0.427 e. The average molecular weight is 1100 g/mol. The second-order valence-corrected chi connectivity index (χ2v) is 26.0. The summed E-state index contributed by atoms with van der Waals surface area (Å²) in [6, 6.07) is 0. The summed E-state index contributed by atoms with van der Waals surface area (Å²) >= 11 is 1.92. The molecule has 28 atom stereocenters. The first-order valence-corrected chi connectivity index (χ1v) is 32.1. The fourth-order valence-electron chi connectivity index (χ4n) is 19.1. The van der Waals surface area contributed by atoms with Gasteiger partial charge in [0.2, 0.25) is 0 Å². The standard InChI is InChI=1S/2C13H16O3.C8H10O3.C7H8O4.C7H8O3S.2C3H8.3C2H6/c2*14-13-15-11-7-4-8(12(11)16-13)10-6-2-1-5(3-6)9(7)10;9-8-10-6-4-1-2-5(3-4)7(6)11-8;8-7-10-5-3-1-2-4(9-3)6(5)11-7;8-7-9-5-3-1-2-4(11-3)6(5)10-7;2*1-3-2;3*1-2/h2*5-12H,1-4H2;4-7H,1-3H2;2*3-6H,1-2H2;2*3H2,1-2H3;3*1-2H3. The van der Waals surface area contributed by atoms with E-state index in [4.69, 9.17) is 52.1 Å². The molecule has 0 amide bonds. The van der Waals surface area contributed by atoms with E-state index in [1.807, 2.05) is 53.3 Å². The lowest BCUT2D eigenvalue weighted by Gasteiger charge is -2.38. The molecular weight excluding hydrogens is 1010 g/mol. The number of hydrogen-bond acceptors (Lipinski definition) is 17. The Hall–Kier alpha value is -3.34. The Morgan fingerprint density at radius 3 is 0.870 bits per heavy atom. The summed E-state index contributed by atoms with van der Waals surface area (Å²) in [6.45, 7) is 20.5. The lowest BCUT2D eigenvalue weighted by Crippen LogP contribution is -2.42. The van der Waals surface area contributed by atoms with Crippen LogP contribution >= 0.6 is 11.8 Å². The van der Waals surface area contributed by atoms with Crippen molar-refractivity contribution in [2.75, 3.05) is 0 Å². The minimum atomic E-state index is -0.528. The maximum atomic E-state index is 11.2. The number of carbonyl (C=O) groups is 5. The molecule has 0 spiro atoms. The molecule has 0 aromatic rings. The van der Waals surface area contributed by atoms with Gasteiger partial charge >= 0.3 is 30.8 Å². The molecule has 0 aromatic carbocycles. The Bertz CT molecular complexity index is 1780. The van der Waals surface area contributed by atoms with Crippen LogP contribution in [0.15, 0.2) is 0 Å². The number of carbonyl (C=O) groups excluding carboxylic acids is 5. The van der Waals surface area contributed by atoms with Gasteiger partial charge in [0, 0.05) is 46.0 Å². The lowest BCUT2D eigenvalue weighted by molar-refractivity contribution is 0.00878. The summed E-state index contributed by atoms with van der Waals surface area (Å²) in [5, 5.41) is 1.05. The molecular formula is C60H92O16S. The number of thioether (sulfide) groups is 1. The van der Waals surface area contributed by atoms with Crippen molar-refractivity contribution in [3.63, 3.8) is 0 Å². The quantitative estimate of drug-likeness (QED) is 0.126. The van der Waals surface area contributed by atoms with Gasteiger partial charge in [-0.15, -0.1) is 11.8 Å². The van der Waals surface area contributed by atoms with Crippen molar-refractivity contribution in [3.05, 3.63) is 0 Å². The number of rotatable bonds is 0. The van der Waals surface area contributed by atoms with E-state index in [0.29, 0.717) is 46.0 Å². The Morgan fingerprint density at radius 2 is 0.558 bits per heavy atom. The van der Waals surface area contributed by atoms with Crippen molar-refractivity contribution in [2.24, 2.45) is 82.9 Å². The molecule has 19 fully saturated rings. The van der Waals surface area contributed by atoms with Gasteiger partial charge in [0.1, 0.15) is 36.6 Å². The van der Waals surface area contributed by atoms with Crippen LogP contribution in [-0.4, -0.2) is 115 Å². The van der Waals surface area contributed by atoms with Crippen LogP contribution in [0, 0.1) is 82.9 Å². The highest BCUT2D eigenvalue weighted by Crippen LogP contribution is 2.70. The Labute approximate surface area is 461 Å². The first-order valence-electron chi connectivity index (χ1n) is 31.2. The van der Waals surface area contributed by atoms with Gasteiger partial charge < -0.3 is 52.1 Å². The Morgan fingerprint density at radius 1 is 0.312 bits per heavy atom. The molecule has 0 radical (unpaired) electrons. The highest BCUT2D eigenvalue weighted by molar-refractivity contribution is 8.01.